The lowest BCUT2D eigenvalue weighted by molar-refractivity contribution is 0.201. The first-order valence-corrected chi connectivity index (χ1v) is 5.99. The molecule has 0 aliphatic rings. The summed E-state index contributed by atoms with van der Waals surface area (Å²) in [7, 11) is 0. The summed E-state index contributed by atoms with van der Waals surface area (Å²) in [5.74, 6) is 0.569. The van der Waals surface area contributed by atoms with Crippen molar-refractivity contribution >= 4 is 21.9 Å². The molecule has 3 rings (SSSR count). The minimum atomic E-state index is -0.0558. The Kier molecular flexibility index (Phi) is 2.93. The van der Waals surface area contributed by atoms with Crippen molar-refractivity contribution < 1.29 is 14.3 Å². The third-order valence-corrected chi connectivity index (χ3v) is 2.91. The number of para-hydroxylation sites is 1. The van der Waals surface area contributed by atoms with Gasteiger partial charge in [0.05, 0.1) is 17.4 Å². The van der Waals surface area contributed by atoms with Gasteiger partial charge >= 0.3 is 0 Å². The molecule has 96 valence electrons. The second-order valence-corrected chi connectivity index (χ2v) is 4.16. The van der Waals surface area contributed by atoms with Crippen LogP contribution in [0.3, 0.4) is 0 Å². The van der Waals surface area contributed by atoms with Gasteiger partial charge in [0.15, 0.2) is 0 Å². The monoisotopic (exact) mass is 256 g/mol. The average Bonchev–Trinajstić information content (AvgIpc) is 2.45. The fourth-order valence-corrected chi connectivity index (χ4v) is 2.03. The van der Waals surface area contributed by atoms with Crippen molar-refractivity contribution in [2.45, 2.75) is 0 Å². The van der Waals surface area contributed by atoms with Crippen LogP contribution in [0.2, 0.25) is 0 Å². The van der Waals surface area contributed by atoms with Crippen LogP contribution in [0, 0.1) is 0 Å². The molecule has 0 amide bonds. The SMILES string of the molecule is O=c1c2ccccc2oc2cc(OCCO)ccc12. The fourth-order valence-electron chi connectivity index (χ4n) is 2.03. The summed E-state index contributed by atoms with van der Waals surface area (Å²) in [6.45, 7) is 0.156. The van der Waals surface area contributed by atoms with Crippen molar-refractivity contribution in [2.24, 2.45) is 0 Å². The Morgan fingerprint density at radius 2 is 1.84 bits per heavy atom. The molecular formula is C15H12O4. The zero-order valence-electron chi connectivity index (χ0n) is 10.1. The number of rotatable bonds is 3. The number of benzene rings is 2. The topological polar surface area (TPSA) is 59.7 Å². The van der Waals surface area contributed by atoms with Gasteiger partial charge in [0.25, 0.3) is 0 Å². The molecule has 0 saturated heterocycles. The lowest BCUT2D eigenvalue weighted by Gasteiger charge is -2.05. The van der Waals surface area contributed by atoms with Crippen molar-refractivity contribution in [2.75, 3.05) is 13.2 Å². The maximum atomic E-state index is 12.3. The Labute approximate surface area is 108 Å². The van der Waals surface area contributed by atoms with Crippen LogP contribution in [-0.4, -0.2) is 18.3 Å². The minimum Gasteiger partial charge on any atom is -0.491 e. The molecule has 0 bridgehead atoms. The lowest BCUT2D eigenvalue weighted by atomic mass is 10.1. The number of aliphatic hydroxyl groups is 1. The van der Waals surface area contributed by atoms with Crippen LogP contribution in [-0.2, 0) is 0 Å². The van der Waals surface area contributed by atoms with Gasteiger partial charge in [-0.3, -0.25) is 4.79 Å². The van der Waals surface area contributed by atoms with Gasteiger partial charge in [-0.05, 0) is 24.3 Å². The van der Waals surface area contributed by atoms with E-state index in [9.17, 15) is 4.79 Å². The highest BCUT2D eigenvalue weighted by Gasteiger charge is 2.07. The van der Waals surface area contributed by atoms with Crippen LogP contribution in [0.1, 0.15) is 0 Å². The second kappa shape index (κ2) is 4.74. The quantitative estimate of drug-likeness (QED) is 0.730. The third-order valence-electron chi connectivity index (χ3n) is 2.91. The van der Waals surface area contributed by atoms with E-state index in [2.05, 4.69) is 0 Å². The lowest BCUT2D eigenvalue weighted by Crippen LogP contribution is -2.04. The molecular weight excluding hydrogens is 244 g/mol. The van der Waals surface area contributed by atoms with Crippen LogP contribution in [0.5, 0.6) is 5.75 Å². The smallest absolute Gasteiger partial charge is 0.200 e. The Bertz CT molecular complexity index is 789. The standard InChI is InChI=1S/C15H12O4/c16-7-8-18-10-5-6-12-14(9-10)19-13-4-2-1-3-11(13)15(12)17/h1-6,9,16H,7-8H2. The van der Waals surface area contributed by atoms with Crippen LogP contribution >= 0.6 is 0 Å². The Balaban J connectivity index is 2.23. The molecule has 1 aromatic heterocycles. The van der Waals surface area contributed by atoms with Crippen molar-refractivity contribution in [1.29, 1.82) is 0 Å². The molecule has 19 heavy (non-hydrogen) atoms. The Hall–Kier alpha value is -2.33. The zero-order valence-corrected chi connectivity index (χ0v) is 10.1. The largest absolute Gasteiger partial charge is 0.491 e. The van der Waals surface area contributed by atoms with Gasteiger partial charge in [-0.2, -0.15) is 0 Å². The average molecular weight is 256 g/mol. The maximum absolute atomic E-state index is 12.3. The predicted octanol–water partition coefficient (Wildman–Crippen LogP) is 2.32. The summed E-state index contributed by atoms with van der Waals surface area (Å²) in [5.41, 5.74) is 0.990. The molecule has 4 nitrogen and oxygen atoms in total. The minimum absolute atomic E-state index is 0.0504. The number of ether oxygens (including phenoxy) is 1. The molecule has 4 heteroatoms. The summed E-state index contributed by atoms with van der Waals surface area (Å²) in [6, 6.07) is 12.2. The molecule has 0 atom stereocenters. The summed E-state index contributed by atoms with van der Waals surface area (Å²) in [6.07, 6.45) is 0. The molecule has 0 fully saturated rings. The normalized spacial score (nSPS) is 11.0. The highest BCUT2D eigenvalue weighted by Crippen LogP contribution is 2.22. The zero-order chi connectivity index (χ0) is 13.2. The molecule has 1 N–H and O–H groups in total. The summed E-state index contributed by atoms with van der Waals surface area (Å²) in [4.78, 5) is 12.3. The van der Waals surface area contributed by atoms with E-state index in [-0.39, 0.29) is 18.6 Å². The van der Waals surface area contributed by atoms with E-state index in [1.807, 2.05) is 12.1 Å². The highest BCUT2D eigenvalue weighted by atomic mass is 16.5. The molecule has 2 aromatic carbocycles. The first-order chi connectivity index (χ1) is 9.29. The number of fused-ring (bicyclic) bond motifs is 2. The molecule has 0 radical (unpaired) electrons. The molecule has 0 aliphatic heterocycles. The van der Waals surface area contributed by atoms with Crippen molar-refractivity contribution in [3.63, 3.8) is 0 Å². The number of hydrogen-bond donors (Lipinski definition) is 1. The van der Waals surface area contributed by atoms with E-state index in [4.69, 9.17) is 14.3 Å². The molecule has 1 heterocycles. The van der Waals surface area contributed by atoms with E-state index in [0.717, 1.165) is 0 Å². The number of aliphatic hydroxyl groups excluding tert-OH is 1. The third kappa shape index (κ3) is 2.06. The van der Waals surface area contributed by atoms with Crippen LogP contribution in [0.15, 0.2) is 51.7 Å². The fraction of sp³-hybridized carbons (Fsp3) is 0.133. The van der Waals surface area contributed by atoms with Crippen LogP contribution in [0.4, 0.5) is 0 Å². The van der Waals surface area contributed by atoms with E-state index >= 15 is 0 Å². The summed E-state index contributed by atoms with van der Waals surface area (Å²) in [5, 5.41) is 9.82. The van der Waals surface area contributed by atoms with E-state index in [1.165, 1.54) is 0 Å². The number of hydrogen-bond acceptors (Lipinski definition) is 4. The molecule has 0 spiro atoms. The van der Waals surface area contributed by atoms with Crippen LogP contribution < -0.4 is 10.2 Å². The Morgan fingerprint density at radius 1 is 1.05 bits per heavy atom. The second-order valence-electron chi connectivity index (χ2n) is 4.16. The van der Waals surface area contributed by atoms with Crippen molar-refractivity contribution in [1.82, 2.24) is 0 Å². The van der Waals surface area contributed by atoms with Gasteiger partial charge < -0.3 is 14.3 Å². The summed E-state index contributed by atoms with van der Waals surface area (Å²) >= 11 is 0. The van der Waals surface area contributed by atoms with E-state index in [0.29, 0.717) is 27.7 Å². The van der Waals surface area contributed by atoms with E-state index in [1.54, 1.807) is 30.3 Å². The van der Waals surface area contributed by atoms with Crippen molar-refractivity contribution in [3.05, 3.63) is 52.7 Å². The molecule has 0 aliphatic carbocycles. The Morgan fingerprint density at radius 3 is 2.68 bits per heavy atom. The predicted molar refractivity (Wildman–Crippen MR) is 72.6 cm³/mol. The van der Waals surface area contributed by atoms with E-state index < -0.39 is 0 Å². The highest BCUT2D eigenvalue weighted by molar-refractivity contribution is 5.90. The molecule has 0 unspecified atom stereocenters. The first kappa shape index (κ1) is 11.7. The first-order valence-electron chi connectivity index (χ1n) is 5.99. The molecule has 3 aromatic rings. The molecule has 0 saturated carbocycles. The van der Waals surface area contributed by atoms with Gasteiger partial charge in [-0.15, -0.1) is 0 Å². The van der Waals surface area contributed by atoms with Gasteiger partial charge in [0, 0.05) is 6.07 Å². The van der Waals surface area contributed by atoms with Gasteiger partial charge in [0.2, 0.25) is 5.43 Å². The van der Waals surface area contributed by atoms with Crippen molar-refractivity contribution in [3.8, 4) is 5.75 Å². The van der Waals surface area contributed by atoms with Crippen LogP contribution in [0.25, 0.3) is 21.9 Å². The van der Waals surface area contributed by atoms with Gasteiger partial charge in [-0.25, -0.2) is 0 Å². The summed E-state index contributed by atoms with van der Waals surface area (Å²) < 4.78 is 11.0. The van der Waals surface area contributed by atoms with Gasteiger partial charge in [0.1, 0.15) is 23.5 Å². The van der Waals surface area contributed by atoms with Gasteiger partial charge in [-0.1, -0.05) is 12.1 Å². The maximum Gasteiger partial charge on any atom is 0.200 e.